The Hall–Kier alpha value is -2.69. The van der Waals surface area contributed by atoms with Crippen LogP contribution in [0.5, 0.6) is 0 Å². The first-order valence-corrected chi connectivity index (χ1v) is 11.6. The number of nitrogens with zero attached hydrogens (tertiary/aromatic N) is 3. The van der Waals surface area contributed by atoms with E-state index in [0.29, 0.717) is 32.4 Å². The van der Waals surface area contributed by atoms with E-state index in [9.17, 15) is 24.0 Å². The molecule has 3 rings (SSSR count). The third-order valence-corrected chi connectivity index (χ3v) is 6.77. The number of ether oxygens (including phenoxy) is 1. The lowest BCUT2D eigenvalue weighted by molar-refractivity contribution is -0.160. The molecule has 4 amide bonds. The van der Waals surface area contributed by atoms with Crippen LogP contribution in [0, 0.1) is 5.92 Å². The lowest BCUT2D eigenvalue weighted by Crippen LogP contribution is -2.59. The molecule has 0 aliphatic carbocycles. The number of cyclic esters (lactones) is 1. The highest BCUT2D eigenvalue weighted by Gasteiger charge is 2.43. The van der Waals surface area contributed by atoms with Gasteiger partial charge in [0.1, 0.15) is 30.3 Å². The average molecular weight is 466 g/mol. The van der Waals surface area contributed by atoms with Gasteiger partial charge in [-0.1, -0.05) is 6.92 Å². The number of rotatable bonds is 1. The smallest absolute Gasteiger partial charge is 0.329 e. The van der Waals surface area contributed by atoms with Crippen molar-refractivity contribution in [2.45, 2.75) is 76.7 Å². The minimum absolute atomic E-state index is 0.0628. The molecule has 6 atom stereocenters. The summed E-state index contributed by atoms with van der Waals surface area (Å²) in [6.45, 7) is 5.76. The van der Waals surface area contributed by atoms with Crippen molar-refractivity contribution in [3.05, 3.63) is 0 Å². The van der Waals surface area contributed by atoms with E-state index in [4.69, 9.17) is 10.5 Å². The highest BCUT2D eigenvalue weighted by atomic mass is 16.5. The molecule has 33 heavy (non-hydrogen) atoms. The second-order valence-electron chi connectivity index (χ2n) is 9.47. The summed E-state index contributed by atoms with van der Waals surface area (Å²) in [5.74, 6) is -2.11. The van der Waals surface area contributed by atoms with E-state index in [1.165, 1.54) is 21.7 Å². The number of carbonyl (C=O) groups is 5. The molecule has 11 heteroatoms. The van der Waals surface area contributed by atoms with Crippen LogP contribution in [-0.2, 0) is 28.7 Å². The number of hydrogen-bond acceptors (Lipinski definition) is 7. The maximum Gasteiger partial charge on any atom is 0.329 e. The lowest BCUT2D eigenvalue weighted by Gasteiger charge is -2.34. The van der Waals surface area contributed by atoms with Crippen molar-refractivity contribution in [2.75, 3.05) is 26.7 Å². The molecule has 0 radical (unpaired) electrons. The summed E-state index contributed by atoms with van der Waals surface area (Å²) >= 11 is 0. The van der Waals surface area contributed by atoms with Crippen LogP contribution in [0.15, 0.2) is 0 Å². The number of likely N-dealkylation sites (N-methyl/N-ethyl adjacent to an activating group) is 1. The number of carbonyl (C=O) groups excluding carboxylic acids is 5. The maximum absolute atomic E-state index is 13.2. The molecule has 3 saturated heterocycles. The molecule has 0 spiro atoms. The SMILES string of the molecule is CC1CC2C(=O)OC(C)CC(=O)N3CCCC3C(=O)N(C)C(CN)C(=O)NC(C)C(=O)N2C1. The molecular formula is C22H35N5O6. The number of nitrogens with one attached hydrogen (secondary N) is 1. The fourth-order valence-electron chi connectivity index (χ4n) is 4.97. The largest absolute Gasteiger partial charge is 0.461 e. The molecule has 3 N–H and O–H groups in total. The van der Waals surface area contributed by atoms with Crippen LogP contribution in [0.2, 0.25) is 0 Å². The Morgan fingerprint density at radius 3 is 2.39 bits per heavy atom. The van der Waals surface area contributed by atoms with Crippen LogP contribution in [0.1, 0.15) is 46.5 Å². The standard InChI is InChI=1S/C22H35N5O6/c1-12-8-16-22(32)33-13(2)9-18(28)26-7-5-6-15(26)21(31)25(4)17(10-23)19(29)24-14(3)20(30)27(16)11-12/h12-17H,5-11,23H2,1-4H3,(H,24,29). The monoisotopic (exact) mass is 465 g/mol. The van der Waals surface area contributed by atoms with Crippen LogP contribution in [0.25, 0.3) is 0 Å². The van der Waals surface area contributed by atoms with Crippen LogP contribution >= 0.6 is 0 Å². The summed E-state index contributed by atoms with van der Waals surface area (Å²) in [5.41, 5.74) is 5.82. The topological polar surface area (TPSA) is 142 Å². The summed E-state index contributed by atoms with van der Waals surface area (Å²) in [5, 5.41) is 2.65. The molecule has 0 saturated carbocycles. The van der Waals surface area contributed by atoms with Crippen molar-refractivity contribution in [1.82, 2.24) is 20.0 Å². The van der Waals surface area contributed by atoms with Gasteiger partial charge in [0, 0.05) is 26.7 Å². The first-order chi connectivity index (χ1) is 15.5. The second-order valence-corrected chi connectivity index (χ2v) is 9.47. The van der Waals surface area contributed by atoms with Gasteiger partial charge in [-0.2, -0.15) is 0 Å². The third-order valence-electron chi connectivity index (χ3n) is 6.77. The Morgan fingerprint density at radius 1 is 1.03 bits per heavy atom. The van der Waals surface area contributed by atoms with Crippen molar-refractivity contribution in [3.8, 4) is 0 Å². The Kier molecular flexibility index (Phi) is 7.61. The quantitative estimate of drug-likeness (QED) is 0.465. The number of amides is 4. The van der Waals surface area contributed by atoms with Crippen LogP contribution in [0.4, 0.5) is 0 Å². The zero-order chi connectivity index (χ0) is 24.4. The zero-order valence-electron chi connectivity index (χ0n) is 19.8. The lowest BCUT2D eigenvalue weighted by atomic mass is 10.1. The molecule has 3 fully saturated rings. The van der Waals surface area contributed by atoms with Gasteiger partial charge in [-0.25, -0.2) is 4.79 Å². The molecule has 3 aliphatic rings. The molecule has 6 unspecified atom stereocenters. The maximum atomic E-state index is 13.2. The Morgan fingerprint density at radius 2 is 1.73 bits per heavy atom. The Balaban J connectivity index is 1.92. The number of esters is 1. The van der Waals surface area contributed by atoms with E-state index in [1.54, 1.807) is 13.8 Å². The summed E-state index contributed by atoms with van der Waals surface area (Å²) in [6.07, 6.45) is 0.819. The zero-order valence-corrected chi connectivity index (χ0v) is 19.8. The van der Waals surface area contributed by atoms with Crippen LogP contribution in [-0.4, -0.2) is 101 Å². The van der Waals surface area contributed by atoms with E-state index < -0.39 is 48.1 Å². The van der Waals surface area contributed by atoms with Gasteiger partial charge >= 0.3 is 5.97 Å². The molecule has 3 heterocycles. The van der Waals surface area contributed by atoms with Crippen molar-refractivity contribution >= 4 is 29.6 Å². The third kappa shape index (κ3) is 5.13. The molecular weight excluding hydrogens is 430 g/mol. The predicted molar refractivity (Wildman–Crippen MR) is 117 cm³/mol. The second kappa shape index (κ2) is 10.1. The predicted octanol–water partition coefficient (Wildman–Crippen LogP) is -1.16. The molecule has 11 nitrogen and oxygen atoms in total. The van der Waals surface area contributed by atoms with Gasteiger partial charge in [0.05, 0.1) is 6.42 Å². The number of hydrogen-bond donors (Lipinski definition) is 2. The van der Waals surface area contributed by atoms with Gasteiger partial charge in [0.25, 0.3) is 0 Å². The van der Waals surface area contributed by atoms with Gasteiger partial charge in [-0.15, -0.1) is 0 Å². The van der Waals surface area contributed by atoms with Crippen molar-refractivity contribution in [3.63, 3.8) is 0 Å². The molecule has 0 aromatic carbocycles. The fourth-order valence-corrected chi connectivity index (χ4v) is 4.97. The summed E-state index contributed by atoms with van der Waals surface area (Å²) in [7, 11) is 1.48. The van der Waals surface area contributed by atoms with Gasteiger partial charge in [0.2, 0.25) is 23.6 Å². The first kappa shape index (κ1) is 24.9. The van der Waals surface area contributed by atoms with E-state index in [-0.39, 0.29) is 30.7 Å². The molecule has 3 aliphatic heterocycles. The van der Waals surface area contributed by atoms with E-state index >= 15 is 0 Å². The summed E-state index contributed by atoms with van der Waals surface area (Å²) in [6, 6.07) is -3.38. The highest BCUT2D eigenvalue weighted by Crippen LogP contribution is 2.26. The van der Waals surface area contributed by atoms with Gasteiger partial charge < -0.3 is 30.5 Å². The van der Waals surface area contributed by atoms with E-state index in [0.717, 1.165) is 0 Å². The van der Waals surface area contributed by atoms with Gasteiger partial charge in [-0.3, -0.25) is 19.2 Å². The molecule has 184 valence electrons. The van der Waals surface area contributed by atoms with Crippen molar-refractivity contribution in [2.24, 2.45) is 11.7 Å². The molecule has 0 aromatic heterocycles. The number of nitrogens with two attached hydrogens (primary N) is 1. The Bertz CT molecular complexity index is 819. The minimum Gasteiger partial charge on any atom is -0.461 e. The van der Waals surface area contributed by atoms with Gasteiger partial charge in [0.15, 0.2) is 0 Å². The van der Waals surface area contributed by atoms with E-state index in [1.807, 2.05) is 6.92 Å². The van der Waals surface area contributed by atoms with Crippen molar-refractivity contribution < 1.29 is 28.7 Å². The molecule has 0 aromatic rings. The summed E-state index contributed by atoms with van der Waals surface area (Å²) in [4.78, 5) is 69.3. The normalized spacial score (nSPS) is 34.8. The van der Waals surface area contributed by atoms with Crippen LogP contribution in [0.3, 0.4) is 0 Å². The van der Waals surface area contributed by atoms with Crippen LogP contribution < -0.4 is 11.1 Å². The van der Waals surface area contributed by atoms with E-state index in [2.05, 4.69) is 5.32 Å². The Labute approximate surface area is 193 Å². The van der Waals surface area contributed by atoms with Gasteiger partial charge in [-0.05, 0) is 39.0 Å². The first-order valence-electron chi connectivity index (χ1n) is 11.6. The average Bonchev–Trinajstić information content (AvgIpc) is 3.39. The van der Waals surface area contributed by atoms with Crippen molar-refractivity contribution in [1.29, 1.82) is 0 Å². The highest BCUT2D eigenvalue weighted by molar-refractivity contribution is 5.95. The minimum atomic E-state index is -0.990. The summed E-state index contributed by atoms with van der Waals surface area (Å²) < 4.78 is 5.54. The fraction of sp³-hybridized carbons (Fsp3) is 0.773. The molecule has 0 bridgehead atoms. The number of fused-ring (bicyclic) bond motifs is 2.